The van der Waals surface area contributed by atoms with Crippen molar-refractivity contribution in [1.29, 1.82) is 0 Å². The Morgan fingerprint density at radius 2 is 1.76 bits per heavy atom. The Morgan fingerprint density at radius 3 is 2.36 bits per heavy atom. The van der Waals surface area contributed by atoms with Gasteiger partial charge in [-0.05, 0) is 64.4 Å². The van der Waals surface area contributed by atoms with Crippen LogP contribution in [0.3, 0.4) is 0 Å². The predicted octanol–water partition coefficient (Wildman–Crippen LogP) is 3.38. The summed E-state index contributed by atoms with van der Waals surface area (Å²) in [5.74, 6) is 0.471. The summed E-state index contributed by atoms with van der Waals surface area (Å²) in [6.45, 7) is 9.10. The lowest BCUT2D eigenvalue weighted by Crippen LogP contribution is -2.25. The molecule has 134 valence electrons. The first-order valence-electron chi connectivity index (χ1n) is 8.53. The molecule has 1 aromatic carbocycles. The van der Waals surface area contributed by atoms with Gasteiger partial charge in [0.2, 0.25) is 5.95 Å². The number of carbonyl (C=O) groups is 1. The fraction of sp³-hybridized carbons (Fsp3) is 0.421. The summed E-state index contributed by atoms with van der Waals surface area (Å²) < 4.78 is 5.45. The molecule has 0 saturated carbocycles. The molecule has 0 radical (unpaired) electrons. The van der Waals surface area contributed by atoms with Gasteiger partial charge >= 0.3 is 0 Å². The van der Waals surface area contributed by atoms with Crippen LogP contribution in [0.2, 0.25) is 0 Å². The van der Waals surface area contributed by atoms with Gasteiger partial charge in [0.15, 0.2) is 0 Å². The van der Waals surface area contributed by atoms with Gasteiger partial charge in [-0.2, -0.15) is 0 Å². The molecule has 0 unspecified atom stereocenters. The fourth-order valence-corrected chi connectivity index (χ4v) is 2.31. The molecule has 6 heteroatoms. The van der Waals surface area contributed by atoms with Gasteiger partial charge < -0.3 is 15.4 Å². The number of hydrogen-bond acceptors (Lipinski definition) is 5. The van der Waals surface area contributed by atoms with E-state index in [0.717, 1.165) is 23.5 Å². The zero-order chi connectivity index (χ0) is 18.2. The van der Waals surface area contributed by atoms with Gasteiger partial charge in [-0.25, -0.2) is 9.97 Å². The molecule has 6 nitrogen and oxygen atoms in total. The molecule has 0 atom stereocenters. The molecule has 0 fully saturated rings. The molecule has 0 bridgehead atoms. The summed E-state index contributed by atoms with van der Waals surface area (Å²) in [5, 5.41) is 6.04. The van der Waals surface area contributed by atoms with Crippen LogP contribution in [0, 0.1) is 13.8 Å². The second-order valence-electron chi connectivity index (χ2n) is 6.21. The third-order valence-electron chi connectivity index (χ3n) is 3.44. The summed E-state index contributed by atoms with van der Waals surface area (Å²) in [4.78, 5) is 20.8. The summed E-state index contributed by atoms with van der Waals surface area (Å²) in [6.07, 6.45) is 1.02. The van der Waals surface area contributed by atoms with E-state index in [1.54, 1.807) is 12.1 Å². The molecule has 25 heavy (non-hydrogen) atoms. The Morgan fingerprint density at radius 1 is 1.12 bits per heavy atom. The average molecular weight is 342 g/mol. The minimum absolute atomic E-state index is 0.0845. The molecule has 2 aromatic rings. The van der Waals surface area contributed by atoms with Crippen molar-refractivity contribution in [3.8, 4) is 0 Å². The molecule has 1 aromatic heterocycles. The Bertz CT molecular complexity index is 679. The number of ether oxygens (including phenoxy) is 1. The number of hydrogen-bond donors (Lipinski definition) is 2. The van der Waals surface area contributed by atoms with Gasteiger partial charge in [0.05, 0.1) is 6.10 Å². The lowest BCUT2D eigenvalue weighted by molar-refractivity contribution is 0.0757. The third kappa shape index (κ3) is 6.51. The van der Waals surface area contributed by atoms with Crippen LogP contribution in [0.15, 0.2) is 30.3 Å². The Hall–Kier alpha value is -2.47. The molecular formula is C19H26N4O2. The van der Waals surface area contributed by atoms with Gasteiger partial charge in [-0.15, -0.1) is 0 Å². The highest BCUT2D eigenvalue weighted by Crippen LogP contribution is 2.15. The van der Waals surface area contributed by atoms with E-state index in [0.29, 0.717) is 24.7 Å². The topological polar surface area (TPSA) is 76.1 Å². The molecule has 0 spiro atoms. The highest BCUT2D eigenvalue weighted by atomic mass is 16.5. The van der Waals surface area contributed by atoms with Gasteiger partial charge in [0.25, 0.3) is 5.91 Å². The highest BCUT2D eigenvalue weighted by Gasteiger charge is 2.06. The maximum absolute atomic E-state index is 12.1. The van der Waals surface area contributed by atoms with E-state index in [4.69, 9.17) is 4.74 Å². The Kier molecular flexibility index (Phi) is 6.89. The maximum Gasteiger partial charge on any atom is 0.251 e. The fourth-order valence-electron chi connectivity index (χ4n) is 2.31. The molecule has 0 aliphatic heterocycles. The van der Waals surface area contributed by atoms with Crippen molar-refractivity contribution < 1.29 is 9.53 Å². The van der Waals surface area contributed by atoms with Gasteiger partial charge in [-0.1, -0.05) is 0 Å². The summed E-state index contributed by atoms with van der Waals surface area (Å²) >= 11 is 0. The molecule has 1 heterocycles. The van der Waals surface area contributed by atoms with E-state index in [-0.39, 0.29) is 12.0 Å². The second-order valence-corrected chi connectivity index (χ2v) is 6.21. The Balaban J connectivity index is 1.85. The number of aromatic nitrogens is 2. The first-order valence-corrected chi connectivity index (χ1v) is 8.53. The zero-order valence-electron chi connectivity index (χ0n) is 15.3. The van der Waals surface area contributed by atoms with E-state index in [1.165, 1.54) is 0 Å². The number of rotatable bonds is 8. The van der Waals surface area contributed by atoms with Gasteiger partial charge in [0, 0.05) is 35.8 Å². The monoisotopic (exact) mass is 342 g/mol. The van der Waals surface area contributed by atoms with Crippen LogP contribution in [0.1, 0.15) is 42.0 Å². The number of aryl methyl sites for hydroxylation is 2. The zero-order valence-corrected chi connectivity index (χ0v) is 15.3. The lowest BCUT2D eigenvalue weighted by Gasteiger charge is -2.09. The van der Waals surface area contributed by atoms with Crippen LogP contribution in [0.25, 0.3) is 0 Å². The normalized spacial score (nSPS) is 10.8. The number of anilines is 2. The number of nitrogens with zero attached hydrogens (tertiary/aromatic N) is 2. The number of benzene rings is 1. The molecular weight excluding hydrogens is 316 g/mol. The quantitative estimate of drug-likeness (QED) is 0.719. The summed E-state index contributed by atoms with van der Waals surface area (Å²) in [6, 6.07) is 9.18. The Labute approximate surface area is 149 Å². The lowest BCUT2D eigenvalue weighted by atomic mass is 10.2. The average Bonchev–Trinajstić information content (AvgIpc) is 2.53. The van der Waals surface area contributed by atoms with Crippen LogP contribution < -0.4 is 10.6 Å². The van der Waals surface area contributed by atoms with E-state index < -0.39 is 0 Å². The van der Waals surface area contributed by atoms with Crippen molar-refractivity contribution in [3.63, 3.8) is 0 Å². The predicted molar refractivity (Wildman–Crippen MR) is 99.3 cm³/mol. The molecule has 0 aliphatic carbocycles. The SMILES string of the molecule is Cc1cc(C)nc(Nc2ccc(C(=O)NCCCOC(C)C)cc2)n1. The van der Waals surface area contributed by atoms with Gasteiger partial charge in [-0.3, -0.25) is 4.79 Å². The third-order valence-corrected chi connectivity index (χ3v) is 3.44. The largest absolute Gasteiger partial charge is 0.379 e. The summed E-state index contributed by atoms with van der Waals surface area (Å²) in [5.41, 5.74) is 3.28. The molecule has 2 N–H and O–H groups in total. The number of amides is 1. The van der Waals surface area contributed by atoms with Gasteiger partial charge in [0.1, 0.15) is 0 Å². The molecule has 0 saturated heterocycles. The molecule has 2 rings (SSSR count). The number of carbonyl (C=O) groups excluding carboxylic acids is 1. The molecule has 1 amide bonds. The van der Waals surface area contributed by atoms with Crippen molar-refractivity contribution in [2.75, 3.05) is 18.5 Å². The highest BCUT2D eigenvalue weighted by molar-refractivity contribution is 5.94. The van der Waals surface area contributed by atoms with E-state index in [2.05, 4.69) is 20.6 Å². The first kappa shape index (κ1) is 18.9. The van der Waals surface area contributed by atoms with Crippen LogP contribution in [-0.2, 0) is 4.74 Å². The second kappa shape index (κ2) is 9.13. The minimum atomic E-state index is -0.0845. The van der Waals surface area contributed by atoms with Crippen molar-refractivity contribution in [2.45, 2.75) is 40.2 Å². The van der Waals surface area contributed by atoms with E-state index in [9.17, 15) is 4.79 Å². The maximum atomic E-state index is 12.1. The smallest absolute Gasteiger partial charge is 0.251 e. The van der Waals surface area contributed by atoms with Crippen LogP contribution in [-0.4, -0.2) is 35.1 Å². The number of nitrogens with one attached hydrogen (secondary N) is 2. The summed E-state index contributed by atoms with van der Waals surface area (Å²) in [7, 11) is 0. The molecule has 0 aliphatic rings. The standard InChI is InChI=1S/C19H26N4O2/c1-13(2)25-11-5-10-20-18(24)16-6-8-17(9-7-16)23-19-21-14(3)12-15(4)22-19/h6-9,12-13H,5,10-11H2,1-4H3,(H,20,24)(H,21,22,23). The van der Waals surface area contributed by atoms with Crippen LogP contribution in [0.5, 0.6) is 0 Å². The van der Waals surface area contributed by atoms with Crippen LogP contribution >= 0.6 is 0 Å². The van der Waals surface area contributed by atoms with E-state index in [1.807, 2.05) is 45.9 Å². The minimum Gasteiger partial charge on any atom is -0.379 e. The first-order chi connectivity index (χ1) is 11.9. The van der Waals surface area contributed by atoms with Crippen LogP contribution in [0.4, 0.5) is 11.6 Å². The van der Waals surface area contributed by atoms with Crippen molar-refractivity contribution in [1.82, 2.24) is 15.3 Å². The van der Waals surface area contributed by atoms with E-state index >= 15 is 0 Å². The van der Waals surface area contributed by atoms with Crippen molar-refractivity contribution in [3.05, 3.63) is 47.3 Å². The van der Waals surface area contributed by atoms with Crippen molar-refractivity contribution >= 4 is 17.5 Å². The van der Waals surface area contributed by atoms with Crippen molar-refractivity contribution in [2.24, 2.45) is 0 Å².